The summed E-state index contributed by atoms with van der Waals surface area (Å²) in [7, 11) is 1.89. The van der Waals surface area contributed by atoms with E-state index in [1.54, 1.807) is 0 Å². The van der Waals surface area contributed by atoms with Gasteiger partial charge in [-0.2, -0.15) is 0 Å². The van der Waals surface area contributed by atoms with Crippen LogP contribution in [-0.2, 0) is 20.2 Å². The van der Waals surface area contributed by atoms with Crippen LogP contribution in [0, 0.1) is 0 Å². The van der Waals surface area contributed by atoms with E-state index < -0.39 is 0 Å². The van der Waals surface area contributed by atoms with E-state index in [1.807, 2.05) is 23.1 Å². The summed E-state index contributed by atoms with van der Waals surface area (Å²) in [5.74, 6) is 2.46. The lowest BCUT2D eigenvalue weighted by Crippen LogP contribution is -2.35. The Morgan fingerprint density at radius 1 is 1.44 bits per heavy atom. The summed E-state index contributed by atoms with van der Waals surface area (Å²) in [5.41, 5.74) is 0.697. The van der Waals surface area contributed by atoms with Crippen molar-refractivity contribution in [3.63, 3.8) is 0 Å². The van der Waals surface area contributed by atoms with Gasteiger partial charge < -0.3 is 14.7 Å². The normalized spacial score (nSPS) is 18.9. The van der Waals surface area contributed by atoms with Gasteiger partial charge in [-0.25, -0.2) is 4.98 Å². The number of nitrogens with zero attached hydrogens (tertiary/aromatic N) is 5. The van der Waals surface area contributed by atoms with Crippen LogP contribution in [0.4, 0.5) is 0 Å². The lowest BCUT2D eigenvalue weighted by Gasteiger charge is -2.31. The fourth-order valence-electron chi connectivity index (χ4n) is 3.49. The smallest absolute Gasteiger partial charge is 0.268 e. The second kappa shape index (κ2) is 6.66. The summed E-state index contributed by atoms with van der Waals surface area (Å²) < 4.78 is 2.56. The maximum Gasteiger partial charge on any atom is 0.268 e. The molecule has 8 nitrogen and oxygen atoms in total. The molecular formula is C16H20N6O2S. The highest BCUT2D eigenvalue weighted by Crippen LogP contribution is 2.26. The molecule has 1 saturated heterocycles. The molecule has 0 aliphatic carbocycles. The Bertz CT molecular complexity index is 946. The Balaban J connectivity index is 1.52. The number of H-pyrrole nitrogens is 1. The van der Waals surface area contributed by atoms with Gasteiger partial charge in [-0.15, -0.1) is 21.5 Å². The zero-order valence-electron chi connectivity index (χ0n) is 14.0. The number of hydrogen-bond donors (Lipinski definition) is 2. The fraction of sp³-hybridized carbons (Fsp3) is 0.500. The highest BCUT2D eigenvalue weighted by Gasteiger charge is 2.26. The highest BCUT2D eigenvalue weighted by atomic mass is 32.1. The van der Waals surface area contributed by atoms with Crippen LogP contribution < -0.4 is 5.56 Å². The largest absolute Gasteiger partial charge is 0.388 e. The first-order valence-electron chi connectivity index (χ1n) is 8.33. The highest BCUT2D eigenvalue weighted by molar-refractivity contribution is 7.17. The molecule has 1 atom stereocenters. The number of aliphatic hydroxyl groups is 1. The summed E-state index contributed by atoms with van der Waals surface area (Å²) in [6.45, 7) is 2.31. The molecule has 2 N–H and O–H groups in total. The molecule has 1 aliphatic rings. The van der Waals surface area contributed by atoms with E-state index in [-0.39, 0.29) is 18.1 Å². The van der Waals surface area contributed by atoms with Gasteiger partial charge in [-0.1, -0.05) is 0 Å². The third-order valence-electron chi connectivity index (χ3n) is 4.75. The van der Waals surface area contributed by atoms with Crippen LogP contribution in [0.3, 0.4) is 0 Å². The summed E-state index contributed by atoms with van der Waals surface area (Å²) in [4.78, 5) is 21.9. The molecule has 0 unspecified atom stereocenters. The number of aliphatic hydroxyl groups excluding tert-OH is 1. The minimum atomic E-state index is -0.105. The van der Waals surface area contributed by atoms with Crippen molar-refractivity contribution in [3.8, 4) is 0 Å². The predicted molar refractivity (Wildman–Crippen MR) is 94.4 cm³/mol. The molecule has 1 aliphatic heterocycles. The van der Waals surface area contributed by atoms with E-state index >= 15 is 0 Å². The zero-order valence-corrected chi connectivity index (χ0v) is 14.8. The standard InChI is InChI=1S/C16H20N6O2S/c1-21-13(9-23)19-20-15(21)10-3-2-5-22(7-10)8-12-17-11-4-6-25-14(11)16(24)18-12/h4,6,10,23H,2-3,5,7-9H2,1H3,(H,17,18,24)/t10-/m1/s1. The van der Waals surface area contributed by atoms with Crippen molar-refractivity contribution in [1.29, 1.82) is 0 Å². The SMILES string of the molecule is Cn1c(CO)nnc1[C@@H]1CCCN(Cc2nc3ccsc3c(=O)[nH]2)C1. The topological polar surface area (TPSA) is 99.9 Å². The van der Waals surface area contributed by atoms with Crippen molar-refractivity contribution in [3.05, 3.63) is 39.3 Å². The van der Waals surface area contributed by atoms with Gasteiger partial charge in [-0.3, -0.25) is 9.69 Å². The van der Waals surface area contributed by atoms with Gasteiger partial charge >= 0.3 is 0 Å². The molecule has 3 aromatic rings. The quantitative estimate of drug-likeness (QED) is 0.720. The summed E-state index contributed by atoms with van der Waals surface area (Å²) in [6, 6.07) is 1.88. The van der Waals surface area contributed by atoms with Crippen LogP contribution in [0.1, 0.15) is 36.2 Å². The maximum atomic E-state index is 12.1. The number of hydrogen-bond acceptors (Lipinski definition) is 7. The molecule has 0 bridgehead atoms. The van der Waals surface area contributed by atoms with Crippen LogP contribution >= 0.6 is 11.3 Å². The third-order valence-corrected chi connectivity index (χ3v) is 5.65. The van der Waals surface area contributed by atoms with E-state index in [0.29, 0.717) is 22.9 Å². The monoisotopic (exact) mass is 360 g/mol. The Morgan fingerprint density at radius 2 is 2.32 bits per heavy atom. The molecule has 4 heterocycles. The van der Waals surface area contributed by atoms with Crippen molar-refractivity contribution in [2.45, 2.75) is 31.9 Å². The molecule has 4 rings (SSSR count). The summed E-state index contributed by atoms with van der Waals surface area (Å²) in [5, 5.41) is 19.5. The van der Waals surface area contributed by atoms with Gasteiger partial charge in [0.25, 0.3) is 5.56 Å². The van der Waals surface area contributed by atoms with E-state index in [0.717, 1.165) is 37.3 Å². The summed E-state index contributed by atoms with van der Waals surface area (Å²) >= 11 is 1.41. The van der Waals surface area contributed by atoms with E-state index in [9.17, 15) is 9.90 Å². The molecule has 1 fully saturated rings. The van der Waals surface area contributed by atoms with Crippen LogP contribution in [0.2, 0.25) is 0 Å². The number of thiophene rings is 1. The number of likely N-dealkylation sites (tertiary alicyclic amines) is 1. The average molecular weight is 360 g/mol. The van der Waals surface area contributed by atoms with E-state index in [4.69, 9.17) is 0 Å². The van der Waals surface area contributed by atoms with Gasteiger partial charge in [0.2, 0.25) is 0 Å². The average Bonchev–Trinajstić information content (AvgIpc) is 3.21. The number of piperidine rings is 1. The Kier molecular flexibility index (Phi) is 4.36. The minimum absolute atomic E-state index is 0.0653. The van der Waals surface area contributed by atoms with Gasteiger partial charge in [0.15, 0.2) is 5.82 Å². The molecule has 0 spiro atoms. The second-order valence-electron chi connectivity index (χ2n) is 6.41. The number of nitrogens with one attached hydrogen (secondary N) is 1. The summed E-state index contributed by atoms with van der Waals surface area (Å²) in [6.07, 6.45) is 2.10. The van der Waals surface area contributed by atoms with Gasteiger partial charge in [0, 0.05) is 19.5 Å². The van der Waals surface area contributed by atoms with Crippen molar-refractivity contribution >= 4 is 21.6 Å². The van der Waals surface area contributed by atoms with Crippen molar-refractivity contribution in [2.75, 3.05) is 13.1 Å². The zero-order chi connectivity index (χ0) is 17.4. The lowest BCUT2D eigenvalue weighted by molar-refractivity contribution is 0.190. The molecule has 0 radical (unpaired) electrons. The maximum absolute atomic E-state index is 12.1. The van der Waals surface area contributed by atoms with E-state index in [1.165, 1.54) is 11.3 Å². The third kappa shape index (κ3) is 3.10. The predicted octanol–water partition coefficient (Wildman–Crippen LogP) is 0.985. The van der Waals surface area contributed by atoms with Gasteiger partial charge in [-0.05, 0) is 30.8 Å². The van der Waals surface area contributed by atoms with Crippen LogP contribution in [0.15, 0.2) is 16.2 Å². The van der Waals surface area contributed by atoms with Crippen LogP contribution in [-0.4, -0.2) is 47.8 Å². The Labute approximate surface area is 148 Å². The van der Waals surface area contributed by atoms with Crippen LogP contribution in [0.5, 0.6) is 0 Å². The van der Waals surface area contributed by atoms with E-state index in [2.05, 4.69) is 25.1 Å². The lowest BCUT2D eigenvalue weighted by atomic mass is 9.97. The molecule has 25 heavy (non-hydrogen) atoms. The molecule has 132 valence electrons. The molecular weight excluding hydrogens is 340 g/mol. The molecule has 9 heteroatoms. The molecule has 0 aromatic carbocycles. The van der Waals surface area contributed by atoms with Gasteiger partial charge in [0.1, 0.15) is 23.0 Å². The first-order chi connectivity index (χ1) is 12.2. The molecule has 0 saturated carbocycles. The number of aromatic nitrogens is 5. The number of aromatic amines is 1. The van der Waals surface area contributed by atoms with Crippen molar-refractivity contribution in [2.24, 2.45) is 7.05 Å². The van der Waals surface area contributed by atoms with Crippen LogP contribution in [0.25, 0.3) is 10.2 Å². The van der Waals surface area contributed by atoms with Crippen molar-refractivity contribution in [1.82, 2.24) is 29.6 Å². The molecule has 3 aromatic heterocycles. The first-order valence-corrected chi connectivity index (χ1v) is 9.21. The Morgan fingerprint density at radius 3 is 3.12 bits per heavy atom. The molecule has 0 amide bonds. The van der Waals surface area contributed by atoms with Gasteiger partial charge in [0.05, 0.1) is 12.1 Å². The first kappa shape index (κ1) is 16.4. The Hall–Kier alpha value is -2.10. The van der Waals surface area contributed by atoms with Crippen molar-refractivity contribution < 1.29 is 5.11 Å². The second-order valence-corrected chi connectivity index (χ2v) is 7.33. The minimum Gasteiger partial charge on any atom is -0.388 e. The number of rotatable bonds is 4. The fourth-order valence-corrected chi connectivity index (χ4v) is 4.21. The number of fused-ring (bicyclic) bond motifs is 1.